The molecular weight excluding hydrogens is 447 g/mol. The number of hydrogen-bond donors (Lipinski definition) is 2. The predicted molar refractivity (Wildman–Crippen MR) is 130 cm³/mol. The Labute approximate surface area is 203 Å². The maximum absolute atomic E-state index is 13.1. The van der Waals surface area contributed by atoms with Crippen LogP contribution in [0.25, 0.3) is 0 Å². The number of hydrogen-bond acceptors (Lipinski definition) is 5. The van der Waals surface area contributed by atoms with Crippen molar-refractivity contribution in [3.8, 4) is 11.8 Å². The molecule has 3 rings (SSSR count). The summed E-state index contributed by atoms with van der Waals surface area (Å²) in [5.41, 5.74) is 4.62. The summed E-state index contributed by atoms with van der Waals surface area (Å²) in [5.74, 6) is -1.12. The zero-order valence-corrected chi connectivity index (χ0v) is 19.4. The van der Waals surface area contributed by atoms with Gasteiger partial charge in [-0.15, -0.1) is 0 Å². The molecule has 178 valence electrons. The molecule has 0 fully saturated rings. The minimum absolute atomic E-state index is 0.200. The highest BCUT2D eigenvalue weighted by Gasteiger charge is 2.24. The molecule has 0 bridgehead atoms. The summed E-state index contributed by atoms with van der Waals surface area (Å²) < 4.78 is 19.0. The van der Waals surface area contributed by atoms with Gasteiger partial charge >= 0.3 is 0 Å². The monoisotopic (exact) mass is 472 g/mol. The van der Waals surface area contributed by atoms with Crippen molar-refractivity contribution in [3.63, 3.8) is 0 Å². The van der Waals surface area contributed by atoms with Crippen LogP contribution in [0.3, 0.4) is 0 Å². The van der Waals surface area contributed by atoms with Crippen molar-refractivity contribution in [3.05, 3.63) is 101 Å². The van der Waals surface area contributed by atoms with Crippen molar-refractivity contribution in [1.82, 2.24) is 10.7 Å². The van der Waals surface area contributed by atoms with Crippen LogP contribution in [0.4, 0.5) is 4.39 Å². The van der Waals surface area contributed by atoms with E-state index in [-0.39, 0.29) is 18.1 Å². The van der Waals surface area contributed by atoms with E-state index in [0.717, 1.165) is 5.56 Å². The van der Waals surface area contributed by atoms with Crippen LogP contribution in [0.15, 0.2) is 77.9 Å². The Hall–Kier alpha value is -4.51. The fraction of sp³-hybridized carbons (Fsp3) is 0.185. The third-order valence-corrected chi connectivity index (χ3v) is 5.16. The molecule has 0 radical (unpaired) electrons. The molecule has 35 heavy (non-hydrogen) atoms. The Bertz CT molecular complexity index is 1250. The Balaban J connectivity index is 1.64. The lowest BCUT2D eigenvalue weighted by atomic mass is 10.0. The van der Waals surface area contributed by atoms with Gasteiger partial charge in [-0.2, -0.15) is 10.4 Å². The molecule has 0 saturated heterocycles. The molecule has 3 aromatic rings. The molecule has 0 heterocycles. The molecular formula is C27H25FN4O3. The number of para-hydroxylation sites is 1. The van der Waals surface area contributed by atoms with Gasteiger partial charge in [0.2, 0.25) is 0 Å². The van der Waals surface area contributed by atoms with E-state index in [2.05, 4.69) is 21.9 Å². The smallest absolute Gasteiger partial charge is 0.262 e. The summed E-state index contributed by atoms with van der Waals surface area (Å²) in [6.07, 6.45) is 1.45. The van der Waals surface area contributed by atoms with Crippen LogP contribution in [0.2, 0.25) is 0 Å². The quantitative estimate of drug-likeness (QED) is 0.360. The second kappa shape index (κ2) is 12.1. The minimum atomic E-state index is -0.848. The van der Waals surface area contributed by atoms with E-state index in [1.165, 1.54) is 30.5 Å². The number of halogens is 1. The molecule has 8 heteroatoms. The van der Waals surface area contributed by atoms with Gasteiger partial charge in [0.15, 0.2) is 0 Å². The summed E-state index contributed by atoms with van der Waals surface area (Å²) >= 11 is 0. The molecule has 0 saturated carbocycles. The van der Waals surface area contributed by atoms with Gasteiger partial charge in [-0.3, -0.25) is 9.59 Å². The number of nitrogens with one attached hydrogen (secondary N) is 2. The minimum Gasteiger partial charge on any atom is -0.488 e. The largest absolute Gasteiger partial charge is 0.488 e. The first-order valence-electron chi connectivity index (χ1n) is 11.0. The van der Waals surface area contributed by atoms with Gasteiger partial charge in [-0.1, -0.05) is 44.2 Å². The van der Waals surface area contributed by atoms with E-state index in [4.69, 9.17) is 4.74 Å². The molecule has 3 aromatic carbocycles. The van der Waals surface area contributed by atoms with Gasteiger partial charge in [0, 0.05) is 16.7 Å². The third-order valence-electron chi connectivity index (χ3n) is 5.16. The highest BCUT2D eigenvalue weighted by molar-refractivity contribution is 5.97. The first-order valence-corrected chi connectivity index (χ1v) is 11.0. The Morgan fingerprint density at radius 3 is 2.46 bits per heavy atom. The van der Waals surface area contributed by atoms with Gasteiger partial charge in [0.1, 0.15) is 24.2 Å². The maximum Gasteiger partial charge on any atom is 0.262 e. The number of amides is 2. The van der Waals surface area contributed by atoms with Crippen molar-refractivity contribution >= 4 is 18.0 Å². The Morgan fingerprint density at radius 2 is 1.74 bits per heavy atom. The molecule has 1 atom stereocenters. The van der Waals surface area contributed by atoms with Crippen molar-refractivity contribution in [2.45, 2.75) is 26.5 Å². The zero-order valence-electron chi connectivity index (χ0n) is 19.4. The first kappa shape index (κ1) is 25.1. The van der Waals surface area contributed by atoms with Gasteiger partial charge in [0.05, 0.1) is 17.8 Å². The number of rotatable bonds is 9. The van der Waals surface area contributed by atoms with Crippen molar-refractivity contribution in [2.24, 2.45) is 11.0 Å². The summed E-state index contributed by atoms with van der Waals surface area (Å²) in [6, 6.07) is 20.7. The van der Waals surface area contributed by atoms with E-state index in [1.54, 1.807) is 50.2 Å². The average Bonchev–Trinajstić information content (AvgIpc) is 2.86. The number of carbonyl (C=O) groups is 2. The zero-order chi connectivity index (χ0) is 25.2. The number of carbonyl (C=O) groups excluding carboxylic acids is 2. The van der Waals surface area contributed by atoms with Crippen LogP contribution in [-0.2, 0) is 11.4 Å². The number of benzene rings is 3. The molecule has 0 aliphatic rings. The van der Waals surface area contributed by atoms with Gasteiger partial charge < -0.3 is 10.1 Å². The number of hydrazone groups is 1. The number of ether oxygens (including phenoxy) is 1. The van der Waals surface area contributed by atoms with Crippen LogP contribution in [0.5, 0.6) is 5.75 Å². The Morgan fingerprint density at radius 1 is 1.06 bits per heavy atom. The molecule has 2 amide bonds. The van der Waals surface area contributed by atoms with Crippen LogP contribution >= 0.6 is 0 Å². The van der Waals surface area contributed by atoms with Gasteiger partial charge in [-0.05, 0) is 48.4 Å². The SMILES string of the molecule is CC(C)C(NC(=O)c1ccc(F)cc1)C(=O)N/N=C/c1ccccc1OCc1ccccc1C#N. The molecule has 0 aromatic heterocycles. The fourth-order valence-electron chi connectivity index (χ4n) is 3.23. The standard InChI is InChI=1S/C27H25FN4O3/c1-18(2)25(31-26(33)19-11-13-23(28)14-12-19)27(34)32-30-16-21-8-5-6-10-24(21)35-17-22-9-4-3-7-20(22)15-29/h3-14,16,18,25H,17H2,1-2H3,(H,31,33)(H,32,34)/b30-16+. The second-order valence-corrected chi connectivity index (χ2v) is 8.03. The van der Waals surface area contributed by atoms with Crippen molar-refractivity contribution in [1.29, 1.82) is 5.26 Å². The number of nitriles is 1. The molecule has 0 aliphatic heterocycles. The van der Waals surface area contributed by atoms with Crippen molar-refractivity contribution < 1.29 is 18.7 Å². The molecule has 0 aliphatic carbocycles. The lowest BCUT2D eigenvalue weighted by Gasteiger charge is -2.20. The summed E-state index contributed by atoms with van der Waals surface area (Å²) in [6.45, 7) is 3.79. The predicted octanol–water partition coefficient (Wildman–Crippen LogP) is 4.18. The van der Waals surface area contributed by atoms with Crippen LogP contribution < -0.4 is 15.5 Å². The van der Waals surface area contributed by atoms with E-state index < -0.39 is 23.7 Å². The van der Waals surface area contributed by atoms with E-state index in [1.807, 2.05) is 12.1 Å². The van der Waals surface area contributed by atoms with Crippen LogP contribution in [0, 0.1) is 23.1 Å². The normalized spacial score (nSPS) is 11.6. The first-order chi connectivity index (χ1) is 16.9. The molecule has 2 N–H and O–H groups in total. The number of nitrogens with zero attached hydrogens (tertiary/aromatic N) is 2. The van der Waals surface area contributed by atoms with Crippen molar-refractivity contribution in [2.75, 3.05) is 0 Å². The average molecular weight is 473 g/mol. The molecule has 0 spiro atoms. The third kappa shape index (κ3) is 6.98. The Kier molecular flexibility index (Phi) is 8.68. The summed E-state index contributed by atoms with van der Waals surface area (Å²) in [7, 11) is 0. The summed E-state index contributed by atoms with van der Waals surface area (Å²) in [5, 5.41) is 15.9. The maximum atomic E-state index is 13.1. The highest BCUT2D eigenvalue weighted by Crippen LogP contribution is 2.19. The van der Waals surface area contributed by atoms with Crippen LogP contribution in [0.1, 0.15) is 40.9 Å². The lowest BCUT2D eigenvalue weighted by Crippen LogP contribution is -2.48. The lowest BCUT2D eigenvalue weighted by molar-refractivity contribution is -0.123. The van der Waals surface area contributed by atoms with Gasteiger partial charge in [-0.25, -0.2) is 9.82 Å². The van der Waals surface area contributed by atoms with E-state index in [0.29, 0.717) is 16.9 Å². The molecule has 7 nitrogen and oxygen atoms in total. The van der Waals surface area contributed by atoms with E-state index in [9.17, 15) is 19.2 Å². The summed E-state index contributed by atoms with van der Waals surface area (Å²) in [4.78, 5) is 25.2. The van der Waals surface area contributed by atoms with E-state index >= 15 is 0 Å². The topological polar surface area (TPSA) is 104 Å². The highest BCUT2D eigenvalue weighted by atomic mass is 19.1. The van der Waals surface area contributed by atoms with Gasteiger partial charge in [0.25, 0.3) is 11.8 Å². The fourth-order valence-corrected chi connectivity index (χ4v) is 3.23. The van der Waals surface area contributed by atoms with Crippen LogP contribution in [-0.4, -0.2) is 24.1 Å². The second-order valence-electron chi connectivity index (χ2n) is 8.03. The molecule has 1 unspecified atom stereocenters.